The van der Waals surface area contributed by atoms with E-state index in [0.29, 0.717) is 13.0 Å². The van der Waals surface area contributed by atoms with Gasteiger partial charge < -0.3 is 5.32 Å². The van der Waals surface area contributed by atoms with Gasteiger partial charge in [0, 0.05) is 44.8 Å². The van der Waals surface area contributed by atoms with Crippen molar-refractivity contribution in [1.29, 1.82) is 0 Å². The minimum absolute atomic E-state index is 0.146. The maximum absolute atomic E-state index is 14.0. The summed E-state index contributed by atoms with van der Waals surface area (Å²) in [4.78, 5) is 14.0. The van der Waals surface area contributed by atoms with E-state index >= 15 is 0 Å². The Morgan fingerprint density at radius 1 is 1.32 bits per heavy atom. The topological polar surface area (TPSA) is 87.5 Å². The first-order valence-corrected chi connectivity index (χ1v) is 11.1. The van der Waals surface area contributed by atoms with E-state index in [1.165, 1.54) is 9.21 Å². The highest BCUT2D eigenvalue weighted by atomic mass is 32.2. The Balaban J connectivity index is 1.59. The molecule has 2 aliphatic rings. The van der Waals surface area contributed by atoms with E-state index in [1.54, 1.807) is 4.68 Å². The number of aryl methyl sites for hydroxylation is 2. The first-order valence-electron chi connectivity index (χ1n) is 9.24. The van der Waals surface area contributed by atoms with Crippen LogP contribution in [0.4, 0.5) is 8.78 Å². The number of likely N-dealkylation sites (tertiary alicyclic amines) is 1. The maximum Gasteiger partial charge on any atom is 0.262 e. The number of hydrogen-bond donors (Lipinski definition) is 1. The third-order valence-corrected chi connectivity index (χ3v) is 6.94. The molecule has 28 heavy (non-hydrogen) atoms. The van der Waals surface area contributed by atoms with E-state index in [-0.39, 0.29) is 19.1 Å². The summed E-state index contributed by atoms with van der Waals surface area (Å²) in [6, 6.07) is -1.31. The van der Waals surface area contributed by atoms with E-state index in [0.717, 1.165) is 23.2 Å². The van der Waals surface area contributed by atoms with Crippen LogP contribution >= 0.6 is 0 Å². The van der Waals surface area contributed by atoms with Crippen LogP contribution in [0.1, 0.15) is 23.4 Å². The van der Waals surface area contributed by atoms with Gasteiger partial charge in [0.15, 0.2) is 0 Å². The number of rotatable bonds is 6. The highest BCUT2D eigenvalue weighted by Gasteiger charge is 2.53. The number of carbonyl (C=O) groups excluding carboxylic acids is 1. The van der Waals surface area contributed by atoms with Crippen molar-refractivity contribution >= 4 is 15.9 Å². The van der Waals surface area contributed by atoms with Gasteiger partial charge in [0.25, 0.3) is 5.92 Å². The van der Waals surface area contributed by atoms with Crippen molar-refractivity contribution in [2.24, 2.45) is 7.05 Å². The lowest BCUT2D eigenvalue weighted by Crippen LogP contribution is -2.63. The zero-order valence-corrected chi connectivity index (χ0v) is 17.4. The Bertz CT molecular complexity index is 864. The van der Waals surface area contributed by atoms with Crippen LogP contribution in [0.25, 0.3) is 0 Å². The lowest BCUT2D eigenvalue weighted by atomic mass is 10.1. The summed E-state index contributed by atoms with van der Waals surface area (Å²) in [5.41, 5.74) is 2.94. The molecule has 2 saturated heterocycles. The highest BCUT2D eigenvalue weighted by Crippen LogP contribution is 2.35. The van der Waals surface area contributed by atoms with Crippen LogP contribution in [0.3, 0.4) is 0 Å². The van der Waals surface area contributed by atoms with Crippen LogP contribution in [-0.4, -0.2) is 83.8 Å². The fourth-order valence-electron chi connectivity index (χ4n) is 3.97. The first-order chi connectivity index (χ1) is 12.9. The number of sulfonamides is 1. The first kappa shape index (κ1) is 21.1. The molecule has 2 aliphatic heterocycles. The lowest BCUT2D eigenvalue weighted by molar-refractivity contribution is -0.127. The fraction of sp³-hybridized carbons (Fsp3) is 0.765. The molecule has 8 nitrogen and oxygen atoms in total. The van der Waals surface area contributed by atoms with Crippen molar-refractivity contribution in [3.63, 3.8) is 0 Å². The summed E-state index contributed by atoms with van der Waals surface area (Å²) in [7, 11) is -1.49. The summed E-state index contributed by atoms with van der Waals surface area (Å²) in [6.07, 6.45) is 1.12. The van der Waals surface area contributed by atoms with E-state index in [2.05, 4.69) is 10.4 Å². The molecular weight excluding hydrogens is 392 g/mol. The van der Waals surface area contributed by atoms with Gasteiger partial charge in [0.1, 0.15) is 0 Å². The van der Waals surface area contributed by atoms with Gasteiger partial charge in [-0.1, -0.05) is 0 Å². The quantitative estimate of drug-likeness (QED) is 0.704. The molecule has 1 amide bonds. The van der Waals surface area contributed by atoms with Gasteiger partial charge in [0.05, 0.1) is 24.5 Å². The zero-order chi connectivity index (χ0) is 20.9. The van der Waals surface area contributed by atoms with Crippen molar-refractivity contribution in [2.45, 2.75) is 44.7 Å². The number of aromatic nitrogens is 2. The van der Waals surface area contributed by atoms with E-state index < -0.39 is 40.9 Å². The van der Waals surface area contributed by atoms with E-state index in [4.69, 9.17) is 0 Å². The standard InChI is InChI=1S/C17H27F2N5O3S/c1-11-14(12(2)22(3)21-11)5-6-20-16(25)15-7-17(18,19)10-24(15)13-8-23(9-13)28(4,26)27/h13,15H,5-10H2,1-4H3,(H,20,25)/t15-/m0/s1. The minimum atomic E-state index is -3.34. The Kier molecular flexibility index (Phi) is 5.54. The zero-order valence-electron chi connectivity index (χ0n) is 16.6. The Morgan fingerprint density at radius 3 is 2.50 bits per heavy atom. The second-order valence-electron chi connectivity index (χ2n) is 7.80. The molecule has 158 valence electrons. The van der Waals surface area contributed by atoms with Crippen molar-refractivity contribution < 1.29 is 22.0 Å². The molecule has 3 heterocycles. The Hall–Kier alpha value is -1.59. The number of alkyl halides is 2. The third-order valence-electron chi connectivity index (χ3n) is 5.71. The van der Waals surface area contributed by atoms with Crippen LogP contribution in [-0.2, 0) is 28.3 Å². The number of nitrogens with zero attached hydrogens (tertiary/aromatic N) is 4. The molecule has 0 unspecified atom stereocenters. The summed E-state index contributed by atoms with van der Waals surface area (Å²) in [5, 5.41) is 7.09. The molecule has 2 fully saturated rings. The Morgan fingerprint density at radius 2 is 1.96 bits per heavy atom. The molecule has 0 aliphatic carbocycles. The Labute approximate surface area is 163 Å². The maximum atomic E-state index is 14.0. The van der Waals surface area contributed by atoms with Gasteiger partial charge in [-0.2, -0.15) is 9.40 Å². The molecule has 1 aromatic rings. The van der Waals surface area contributed by atoms with Gasteiger partial charge in [-0.3, -0.25) is 14.4 Å². The monoisotopic (exact) mass is 419 g/mol. The van der Waals surface area contributed by atoms with Gasteiger partial charge in [0.2, 0.25) is 15.9 Å². The van der Waals surface area contributed by atoms with E-state index in [9.17, 15) is 22.0 Å². The molecule has 3 rings (SSSR count). The number of hydrogen-bond acceptors (Lipinski definition) is 5. The predicted octanol–water partition coefficient (Wildman–Crippen LogP) is 0.0490. The van der Waals surface area contributed by atoms with Crippen LogP contribution < -0.4 is 5.32 Å². The summed E-state index contributed by atoms with van der Waals surface area (Å²) < 4.78 is 54.0. The molecule has 1 N–H and O–H groups in total. The summed E-state index contributed by atoms with van der Waals surface area (Å²) in [5.74, 6) is -3.39. The van der Waals surface area contributed by atoms with Gasteiger partial charge >= 0.3 is 0 Å². The molecule has 0 radical (unpaired) electrons. The number of carbonyl (C=O) groups is 1. The van der Waals surface area contributed by atoms with Crippen molar-refractivity contribution in [1.82, 2.24) is 24.3 Å². The van der Waals surface area contributed by atoms with Crippen LogP contribution in [0.2, 0.25) is 0 Å². The van der Waals surface area contributed by atoms with Crippen molar-refractivity contribution in [2.75, 3.05) is 32.4 Å². The second-order valence-corrected chi connectivity index (χ2v) is 9.78. The largest absolute Gasteiger partial charge is 0.354 e. The van der Waals surface area contributed by atoms with Gasteiger partial charge in [-0.05, 0) is 25.8 Å². The number of amides is 1. The molecule has 0 spiro atoms. The van der Waals surface area contributed by atoms with Crippen LogP contribution in [0, 0.1) is 13.8 Å². The smallest absolute Gasteiger partial charge is 0.262 e. The highest BCUT2D eigenvalue weighted by molar-refractivity contribution is 7.88. The summed E-state index contributed by atoms with van der Waals surface area (Å²) >= 11 is 0. The fourth-order valence-corrected chi connectivity index (χ4v) is 4.86. The third kappa shape index (κ3) is 4.20. The average molecular weight is 419 g/mol. The summed E-state index contributed by atoms with van der Waals surface area (Å²) in [6.45, 7) is 3.95. The molecule has 11 heteroatoms. The molecule has 0 aromatic carbocycles. The van der Waals surface area contributed by atoms with Crippen LogP contribution in [0.15, 0.2) is 0 Å². The normalized spacial score (nSPS) is 23.7. The second kappa shape index (κ2) is 7.34. The predicted molar refractivity (Wildman–Crippen MR) is 99.7 cm³/mol. The van der Waals surface area contributed by atoms with Gasteiger partial charge in [-0.25, -0.2) is 17.2 Å². The van der Waals surface area contributed by atoms with Gasteiger partial charge in [-0.15, -0.1) is 0 Å². The molecule has 0 bridgehead atoms. The minimum Gasteiger partial charge on any atom is -0.354 e. The number of nitrogens with one attached hydrogen (secondary N) is 1. The van der Waals surface area contributed by atoms with Crippen LogP contribution in [0.5, 0.6) is 0 Å². The molecule has 1 aromatic heterocycles. The van der Waals surface area contributed by atoms with Crippen molar-refractivity contribution in [3.05, 3.63) is 17.0 Å². The molecule has 0 saturated carbocycles. The molecule has 1 atom stereocenters. The molecular formula is C17H27F2N5O3S. The van der Waals surface area contributed by atoms with Crippen molar-refractivity contribution in [3.8, 4) is 0 Å². The average Bonchev–Trinajstić information content (AvgIpc) is 2.94. The van der Waals surface area contributed by atoms with E-state index in [1.807, 2.05) is 20.9 Å². The lowest BCUT2D eigenvalue weighted by Gasteiger charge is -2.44. The number of halogens is 2. The SMILES string of the molecule is Cc1nn(C)c(C)c1CCNC(=O)[C@@H]1CC(F)(F)CN1C1CN(S(C)(=O)=O)C1.